The number of carboxylic acid groups (broad SMARTS) is 1. The minimum Gasteiger partial charge on any atom is -0.481 e. The van der Waals surface area contributed by atoms with Crippen LogP contribution in [-0.4, -0.2) is 51.5 Å². The molecule has 1 amide bonds. The Balaban J connectivity index is 1.52. The quantitative estimate of drug-likeness (QED) is 0.298. The van der Waals surface area contributed by atoms with Gasteiger partial charge in [0.05, 0.1) is 21.5 Å². The van der Waals surface area contributed by atoms with Crippen molar-refractivity contribution in [3.05, 3.63) is 82.9 Å². The van der Waals surface area contributed by atoms with Crippen molar-refractivity contribution < 1.29 is 49.6 Å². The third-order valence-corrected chi connectivity index (χ3v) is 11.6. The van der Waals surface area contributed by atoms with Gasteiger partial charge in [-0.05, 0) is 80.7 Å². The molecule has 3 aliphatic rings. The molecule has 0 aromatic heterocycles. The first-order valence-corrected chi connectivity index (χ1v) is 16.5. The standard InChI is InChI=1S/C34H34F7NO4S/c1-21-4-2-5-24(18-21)25-6-3-7-28(19-25)47(46)31(16-17-42(20-31)29(43)22-8-10-23(11-9-22)30(44)45)26-12-14-27(15-13-26)32(35,33(36,37)38)34(39,40)41/h3,5-7,12-15,18-19,22-23H,2,4,8-11,16-17,20H2,1H3,(H,44,45). The number of allylic oxidation sites excluding steroid dienone is 4. The summed E-state index contributed by atoms with van der Waals surface area (Å²) in [6.07, 6.45) is -5.41. The van der Waals surface area contributed by atoms with Gasteiger partial charge < -0.3 is 10.0 Å². The number of hydrogen-bond donors (Lipinski definition) is 1. The number of hydrogen-bond acceptors (Lipinski definition) is 3. The fourth-order valence-electron chi connectivity index (χ4n) is 6.87. The van der Waals surface area contributed by atoms with E-state index in [1.807, 2.05) is 25.1 Å². The van der Waals surface area contributed by atoms with Crippen LogP contribution in [0.4, 0.5) is 30.7 Å². The Labute approximate surface area is 270 Å². The van der Waals surface area contributed by atoms with Gasteiger partial charge in [-0.3, -0.25) is 13.8 Å². The summed E-state index contributed by atoms with van der Waals surface area (Å²) >= 11 is 0. The Morgan fingerprint density at radius 1 is 0.915 bits per heavy atom. The molecule has 2 aromatic rings. The van der Waals surface area contributed by atoms with Crippen LogP contribution in [0.1, 0.15) is 68.6 Å². The number of benzene rings is 2. The lowest BCUT2D eigenvalue weighted by molar-refractivity contribution is -0.348. The molecule has 0 radical (unpaired) electrons. The van der Waals surface area contributed by atoms with E-state index in [1.165, 1.54) is 4.90 Å². The molecule has 1 aliphatic heterocycles. The highest BCUT2D eigenvalue weighted by Gasteiger charge is 2.73. The van der Waals surface area contributed by atoms with E-state index in [9.17, 15) is 49.6 Å². The van der Waals surface area contributed by atoms with Crippen molar-refractivity contribution in [3.8, 4) is 0 Å². The SMILES string of the molecule is CC1=CC(c2cccc(S(=O)C3(c4ccc(C(F)(C(F)(F)F)C(F)(F)F)cc4)CCN(C(=O)C4CCC(C(=O)O)CC4)C3)c2)=CCC1. The predicted octanol–water partition coefficient (Wildman–Crippen LogP) is 8.23. The first-order chi connectivity index (χ1) is 22.0. The fourth-order valence-corrected chi connectivity index (χ4v) is 8.66. The van der Waals surface area contributed by atoms with Crippen molar-refractivity contribution in [1.82, 2.24) is 4.90 Å². The lowest BCUT2D eigenvalue weighted by atomic mass is 9.81. The zero-order valence-corrected chi connectivity index (χ0v) is 26.3. The molecule has 13 heteroatoms. The van der Waals surface area contributed by atoms with Crippen LogP contribution in [0.2, 0.25) is 0 Å². The number of nitrogens with zero attached hydrogens (tertiary/aromatic N) is 1. The lowest BCUT2D eigenvalue weighted by Gasteiger charge is -2.33. The van der Waals surface area contributed by atoms with Gasteiger partial charge in [0.25, 0.3) is 0 Å². The lowest BCUT2D eigenvalue weighted by Crippen LogP contribution is -2.50. The van der Waals surface area contributed by atoms with E-state index in [-0.39, 0.29) is 31.0 Å². The van der Waals surface area contributed by atoms with Crippen molar-refractivity contribution in [1.29, 1.82) is 0 Å². The molecule has 5 nitrogen and oxygen atoms in total. The van der Waals surface area contributed by atoms with Crippen LogP contribution in [0.25, 0.3) is 5.57 Å². The summed E-state index contributed by atoms with van der Waals surface area (Å²) in [5.41, 5.74) is -4.31. The summed E-state index contributed by atoms with van der Waals surface area (Å²) in [6, 6.07) is 9.61. The van der Waals surface area contributed by atoms with Gasteiger partial charge in [-0.15, -0.1) is 0 Å². The molecule has 1 N–H and O–H groups in total. The number of halogens is 7. The molecule has 1 saturated carbocycles. The zero-order valence-electron chi connectivity index (χ0n) is 25.5. The summed E-state index contributed by atoms with van der Waals surface area (Å²) in [5.74, 6) is -2.23. The number of amides is 1. The van der Waals surface area contributed by atoms with E-state index in [2.05, 4.69) is 0 Å². The molecule has 0 spiro atoms. The van der Waals surface area contributed by atoms with Crippen LogP contribution in [0.3, 0.4) is 0 Å². The highest BCUT2D eigenvalue weighted by Crippen LogP contribution is 2.53. The van der Waals surface area contributed by atoms with Gasteiger partial charge in [0.15, 0.2) is 0 Å². The Kier molecular flexibility index (Phi) is 9.53. The highest BCUT2D eigenvalue weighted by atomic mass is 32.2. The summed E-state index contributed by atoms with van der Waals surface area (Å²) in [4.78, 5) is 26.9. The van der Waals surface area contributed by atoms with Crippen LogP contribution in [-0.2, 0) is 30.8 Å². The normalized spacial score (nSPS) is 24.8. The molecule has 1 heterocycles. The average molecular weight is 686 g/mol. The Morgan fingerprint density at radius 3 is 2.11 bits per heavy atom. The highest BCUT2D eigenvalue weighted by molar-refractivity contribution is 7.86. The minimum absolute atomic E-state index is 0.0699. The first-order valence-electron chi connectivity index (χ1n) is 15.3. The second kappa shape index (κ2) is 12.9. The molecule has 2 fully saturated rings. The summed E-state index contributed by atoms with van der Waals surface area (Å²) < 4.78 is 109. The number of alkyl halides is 7. The Bertz CT molecular complexity index is 1590. The van der Waals surface area contributed by atoms with Crippen LogP contribution in [0.15, 0.2) is 71.2 Å². The molecular weight excluding hydrogens is 651 g/mol. The van der Waals surface area contributed by atoms with Gasteiger partial charge in [0, 0.05) is 29.5 Å². The maximum Gasteiger partial charge on any atom is 0.435 e. The van der Waals surface area contributed by atoms with Crippen molar-refractivity contribution >= 4 is 28.2 Å². The van der Waals surface area contributed by atoms with Gasteiger partial charge in [-0.1, -0.05) is 54.1 Å². The number of rotatable bonds is 7. The van der Waals surface area contributed by atoms with Crippen molar-refractivity contribution in [2.24, 2.45) is 11.8 Å². The summed E-state index contributed by atoms with van der Waals surface area (Å²) in [6.45, 7) is 1.95. The zero-order chi connectivity index (χ0) is 34.4. The van der Waals surface area contributed by atoms with Crippen molar-refractivity contribution in [3.63, 3.8) is 0 Å². The van der Waals surface area contributed by atoms with Crippen molar-refractivity contribution in [2.45, 2.75) is 79.5 Å². The summed E-state index contributed by atoms with van der Waals surface area (Å²) in [7, 11) is -1.97. The predicted molar refractivity (Wildman–Crippen MR) is 161 cm³/mol. The van der Waals surface area contributed by atoms with Gasteiger partial charge in [-0.2, -0.15) is 26.3 Å². The van der Waals surface area contributed by atoms with E-state index in [4.69, 9.17) is 0 Å². The number of likely N-dealkylation sites (tertiary alicyclic amines) is 1. The van der Waals surface area contributed by atoms with E-state index in [1.54, 1.807) is 18.2 Å². The van der Waals surface area contributed by atoms with Gasteiger partial charge in [-0.25, -0.2) is 4.39 Å². The first kappa shape index (κ1) is 34.8. The monoisotopic (exact) mass is 685 g/mol. The number of carboxylic acids is 1. The van der Waals surface area contributed by atoms with Gasteiger partial charge in [0.1, 0.15) is 0 Å². The average Bonchev–Trinajstić information content (AvgIpc) is 3.49. The molecule has 5 rings (SSSR count). The number of carbonyl (C=O) groups is 2. The molecular formula is C34H34F7NO4S. The minimum atomic E-state index is -6.29. The molecule has 2 aliphatic carbocycles. The molecule has 1 saturated heterocycles. The fraction of sp³-hybridized carbons (Fsp3) is 0.471. The molecule has 2 unspecified atom stereocenters. The second-order valence-corrected chi connectivity index (χ2v) is 14.4. The van der Waals surface area contributed by atoms with Crippen LogP contribution in [0, 0.1) is 11.8 Å². The van der Waals surface area contributed by atoms with Gasteiger partial charge in [0.2, 0.25) is 5.91 Å². The second-order valence-electron chi connectivity index (χ2n) is 12.6. The van der Waals surface area contributed by atoms with Crippen LogP contribution < -0.4 is 0 Å². The Hall–Kier alpha value is -3.48. The largest absolute Gasteiger partial charge is 0.481 e. The molecule has 254 valence electrons. The Morgan fingerprint density at radius 2 is 1.53 bits per heavy atom. The molecule has 47 heavy (non-hydrogen) atoms. The topological polar surface area (TPSA) is 74.7 Å². The van der Waals surface area contributed by atoms with Crippen molar-refractivity contribution in [2.75, 3.05) is 13.1 Å². The maximum absolute atomic E-state index is 14.9. The van der Waals surface area contributed by atoms with E-state index in [0.717, 1.165) is 41.7 Å². The van der Waals surface area contributed by atoms with E-state index < -0.39 is 56.9 Å². The molecule has 2 aromatic carbocycles. The third kappa shape index (κ3) is 6.51. The smallest absolute Gasteiger partial charge is 0.435 e. The van der Waals surface area contributed by atoms with Gasteiger partial charge >= 0.3 is 24.0 Å². The number of carbonyl (C=O) groups excluding carboxylic acids is 1. The number of aliphatic carboxylic acids is 1. The van der Waals surface area contributed by atoms with E-state index in [0.29, 0.717) is 42.7 Å². The maximum atomic E-state index is 14.9. The van der Waals surface area contributed by atoms with Crippen LogP contribution in [0.5, 0.6) is 0 Å². The van der Waals surface area contributed by atoms with Crippen LogP contribution >= 0.6 is 0 Å². The third-order valence-electron chi connectivity index (χ3n) is 9.60. The van der Waals surface area contributed by atoms with E-state index >= 15 is 0 Å². The summed E-state index contributed by atoms with van der Waals surface area (Å²) in [5, 5.41) is 9.33. The molecule has 0 bridgehead atoms. The molecule has 2 atom stereocenters.